The summed E-state index contributed by atoms with van der Waals surface area (Å²) in [5, 5.41) is 21.1. The molecule has 0 atom stereocenters. The van der Waals surface area contributed by atoms with E-state index in [4.69, 9.17) is 4.74 Å². The first-order valence-electron chi connectivity index (χ1n) is 15.7. The van der Waals surface area contributed by atoms with Gasteiger partial charge in [0.2, 0.25) is 0 Å². The fourth-order valence-corrected chi connectivity index (χ4v) is 6.48. The van der Waals surface area contributed by atoms with Crippen molar-refractivity contribution in [2.75, 3.05) is 19.8 Å². The van der Waals surface area contributed by atoms with Crippen molar-refractivity contribution in [3.8, 4) is 0 Å². The summed E-state index contributed by atoms with van der Waals surface area (Å²) in [5.41, 5.74) is 1.02. The summed E-state index contributed by atoms with van der Waals surface area (Å²) in [7, 11) is -8.48. The Morgan fingerprint density at radius 1 is 0.667 bits per heavy atom. The molecule has 2 aromatic carbocycles. The number of esters is 1. The molecule has 2 rings (SSSR count). The fourth-order valence-electron chi connectivity index (χ4n) is 5.11. The number of nitrogens with zero attached hydrogens (tertiary/aromatic N) is 1. The maximum absolute atomic E-state index is 12.6. The van der Waals surface area contributed by atoms with Gasteiger partial charge in [0.1, 0.15) is 12.1 Å². The number of unbranched alkanes of at least 4 members (excludes halogenated alkanes) is 8. The third kappa shape index (κ3) is 16.0. The average molecular weight is 672 g/mol. The van der Waals surface area contributed by atoms with Crippen molar-refractivity contribution in [2.24, 2.45) is 0 Å². The summed E-state index contributed by atoms with van der Waals surface area (Å²) in [6, 6.07) is 13.2. The van der Waals surface area contributed by atoms with Gasteiger partial charge in [-0.05, 0) is 28.7 Å². The van der Waals surface area contributed by atoms with Crippen LogP contribution in [0.2, 0.25) is 0 Å². The van der Waals surface area contributed by atoms with Gasteiger partial charge in [0.25, 0.3) is 0 Å². The lowest BCUT2D eigenvalue weighted by atomic mass is 9.97. The molecule has 0 unspecified atom stereocenters. The normalized spacial score (nSPS) is 12.5. The number of benzene rings is 2. The molecule has 6 N–H and O–H groups in total. The molecular weight excluding hydrogens is 620 g/mol. The molecule has 2 aromatic rings. The van der Waals surface area contributed by atoms with Crippen LogP contribution in [0.3, 0.4) is 0 Å². The predicted molar refractivity (Wildman–Crippen MR) is 173 cm³/mol. The Labute approximate surface area is 267 Å². The van der Waals surface area contributed by atoms with Gasteiger partial charge in [0, 0.05) is 19.5 Å². The molecule has 13 heteroatoms. The highest BCUT2D eigenvalue weighted by Gasteiger charge is 2.38. The van der Waals surface area contributed by atoms with Crippen LogP contribution in [0.4, 0.5) is 0 Å². The van der Waals surface area contributed by atoms with Crippen LogP contribution in [-0.4, -0.2) is 66.0 Å². The largest absolute Gasteiger partial charge is 0.464 e. The second-order valence-electron chi connectivity index (χ2n) is 11.9. The molecule has 11 nitrogen and oxygen atoms in total. The molecule has 0 aromatic heterocycles. The van der Waals surface area contributed by atoms with E-state index in [2.05, 4.69) is 6.92 Å². The minimum atomic E-state index is -4.24. The lowest BCUT2D eigenvalue weighted by molar-refractivity contribution is -0.152. The Hall–Kier alpha value is -1.91. The van der Waals surface area contributed by atoms with Gasteiger partial charge in [-0.1, -0.05) is 107 Å². The smallest absolute Gasteiger partial charge is 0.329 e. The third-order valence-electron chi connectivity index (χ3n) is 7.82. The highest BCUT2D eigenvalue weighted by molar-refractivity contribution is 7.51. The van der Waals surface area contributed by atoms with Crippen molar-refractivity contribution in [1.82, 2.24) is 4.90 Å². The number of hydrogen-bond donors (Lipinski definition) is 6. The zero-order chi connectivity index (χ0) is 33.3. The third-order valence-corrected chi connectivity index (χ3v) is 9.37. The SMILES string of the molecule is CCCCCCCCCCCC(=O)OCC(CO)(CO)N(Cc1ccc(CP(=O)(O)O)cc1)Cc1ccc(CP(=O)(O)O)cc1. The van der Waals surface area contributed by atoms with Gasteiger partial charge in [-0.25, -0.2) is 0 Å². The van der Waals surface area contributed by atoms with Crippen molar-refractivity contribution in [1.29, 1.82) is 0 Å². The maximum atomic E-state index is 12.6. The molecule has 0 saturated heterocycles. The van der Waals surface area contributed by atoms with Gasteiger partial charge in [-0.3, -0.25) is 18.8 Å². The number of carbonyl (C=O) groups excluding carboxylic acids is 1. The van der Waals surface area contributed by atoms with E-state index in [0.29, 0.717) is 17.5 Å². The number of hydrogen-bond acceptors (Lipinski definition) is 7. The Morgan fingerprint density at radius 3 is 1.42 bits per heavy atom. The summed E-state index contributed by atoms with van der Waals surface area (Å²) >= 11 is 0. The number of ether oxygens (including phenoxy) is 1. The van der Waals surface area contributed by atoms with Crippen molar-refractivity contribution >= 4 is 21.2 Å². The van der Waals surface area contributed by atoms with E-state index in [-0.39, 0.29) is 26.1 Å². The number of rotatable bonds is 23. The van der Waals surface area contributed by atoms with Crippen molar-refractivity contribution in [3.05, 3.63) is 70.8 Å². The summed E-state index contributed by atoms with van der Waals surface area (Å²) in [6.07, 6.45) is 9.47. The monoisotopic (exact) mass is 671 g/mol. The van der Waals surface area contributed by atoms with E-state index in [0.717, 1.165) is 30.4 Å². The maximum Gasteiger partial charge on any atom is 0.329 e. The van der Waals surface area contributed by atoms with E-state index < -0.39 is 52.2 Å². The van der Waals surface area contributed by atoms with E-state index in [1.54, 1.807) is 53.4 Å². The molecule has 0 saturated carbocycles. The van der Waals surface area contributed by atoms with Crippen LogP contribution in [0, 0.1) is 0 Å². The number of carbonyl (C=O) groups is 1. The molecule has 0 aliphatic carbocycles. The molecule has 45 heavy (non-hydrogen) atoms. The van der Waals surface area contributed by atoms with Crippen LogP contribution >= 0.6 is 15.2 Å². The highest BCUT2D eigenvalue weighted by atomic mass is 31.2. The zero-order valence-corrected chi connectivity index (χ0v) is 28.1. The summed E-state index contributed by atoms with van der Waals surface area (Å²) in [6.45, 7) is 1.26. The number of aliphatic hydroxyl groups is 2. The van der Waals surface area contributed by atoms with Crippen LogP contribution in [0.1, 0.15) is 93.4 Å². The van der Waals surface area contributed by atoms with E-state index in [9.17, 15) is 43.7 Å². The minimum absolute atomic E-state index is 0.192. The summed E-state index contributed by atoms with van der Waals surface area (Å²) in [5.74, 6) is -0.409. The molecule has 0 aliphatic rings. The first-order valence-corrected chi connectivity index (χ1v) is 19.3. The van der Waals surface area contributed by atoms with Gasteiger partial charge < -0.3 is 34.5 Å². The highest BCUT2D eigenvalue weighted by Crippen LogP contribution is 2.40. The first-order chi connectivity index (χ1) is 21.3. The zero-order valence-electron chi connectivity index (χ0n) is 26.3. The lowest BCUT2D eigenvalue weighted by Gasteiger charge is -2.41. The lowest BCUT2D eigenvalue weighted by Crippen LogP contribution is -2.57. The van der Waals surface area contributed by atoms with Gasteiger partial charge in [-0.15, -0.1) is 0 Å². The second kappa shape index (κ2) is 19.7. The molecule has 0 radical (unpaired) electrons. The Bertz CT molecular complexity index is 1150. The standard InChI is InChI=1S/C32H51NO10P2/c1-2-3-4-5-6-7-8-9-10-11-31(36)43-26-32(24-34,25-35)33(20-27-12-16-29(17-13-27)22-44(37,38)39)21-28-14-18-30(19-15-28)23-45(40,41)42/h12-19,34-35H,2-11,20-26H2,1H3,(H2,37,38,39)(H2,40,41,42). The van der Waals surface area contributed by atoms with Crippen LogP contribution in [-0.2, 0) is 44.1 Å². The molecule has 0 fully saturated rings. The van der Waals surface area contributed by atoms with Crippen LogP contribution in [0.15, 0.2) is 48.5 Å². The molecule has 0 aliphatic heterocycles. The first kappa shape index (κ1) is 39.3. The molecule has 0 amide bonds. The van der Waals surface area contributed by atoms with Crippen LogP contribution in [0.5, 0.6) is 0 Å². The summed E-state index contributed by atoms with van der Waals surface area (Å²) < 4.78 is 28.4. The molecule has 0 spiro atoms. The van der Waals surface area contributed by atoms with Crippen LogP contribution < -0.4 is 0 Å². The van der Waals surface area contributed by atoms with E-state index in [1.807, 2.05) is 0 Å². The van der Waals surface area contributed by atoms with Crippen molar-refractivity contribution in [3.63, 3.8) is 0 Å². The Balaban J connectivity index is 2.12. The predicted octanol–water partition coefficient (Wildman–Crippen LogP) is 5.23. The summed E-state index contributed by atoms with van der Waals surface area (Å²) in [4.78, 5) is 51.6. The fraction of sp³-hybridized carbons (Fsp3) is 0.594. The molecule has 0 heterocycles. The van der Waals surface area contributed by atoms with Gasteiger partial charge >= 0.3 is 21.2 Å². The Morgan fingerprint density at radius 2 is 1.04 bits per heavy atom. The van der Waals surface area contributed by atoms with Crippen molar-refractivity contribution in [2.45, 2.75) is 102 Å². The van der Waals surface area contributed by atoms with Crippen molar-refractivity contribution < 1.29 is 48.4 Å². The minimum Gasteiger partial charge on any atom is -0.464 e. The molecular formula is C32H51NO10P2. The molecule has 0 bridgehead atoms. The number of aliphatic hydroxyl groups excluding tert-OH is 2. The molecule has 254 valence electrons. The quantitative estimate of drug-likeness (QED) is 0.0516. The van der Waals surface area contributed by atoms with Gasteiger partial charge in [0.05, 0.1) is 25.5 Å². The average Bonchev–Trinajstić information content (AvgIpc) is 2.97. The topological polar surface area (TPSA) is 185 Å². The van der Waals surface area contributed by atoms with E-state index in [1.165, 1.54) is 32.1 Å². The second-order valence-corrected chi connectivity index (χ2v) is 15.2. The van der Waals surface area contributed by atoms with Gasteiger partial charge in [0.15, 0.2) is 0 Å². The van der Waals surface area contributed by atoms with E-state index >= 15 is 0 Å². The van der Waals surface area contributed by atoms with Crippen LogP contribution in [0.25, 0.3) is 0 Å². The van der Waals surface area contributed by atoms with Gasteiger partial charge in [-0.2, -0.15) is 0 Å². The Kier molecular flexibility index (Phi) is 17.2.